The molecule has 0 unspecified atom stereocenters. The van der Waals surface area contributed by atoms with Gasteiger partial charge in [0, 0.05) is 62.8 Å². The van der Waals surface area contributed by atoms with Crippen molar-refractivity contribution in [3.63, 3.8) is 0 Å². The zero-order chi connectivity index (χ0) is 29.1. The Kier molecular flexibility index (Phi) is 12.3. The Morgan fingerprint density at radius 3 is 2.58 bits per heavy atom. The van der Waals surface area contributed by atoms with E-state index >= 15 is 0 Å². The second kappa shape index (κ2) is 15.4. The summed E-state index contributed by atoms with van der Waals surface area (Å²) in [6.45, 7) is 20.1. The van der Waals surface area contributed by atoms with Gasteiger partial charge in [-0.05, 0) is 71.8 Å². The van der Waals surface area contributed by atoms with Gasteiger partial charge in [-0.15, -0.1) is 0 Å². The van der Waals surface area contributed by atoms with E-state index in [1.165, 1.54) is 48.1 Å². The monoisotopic (exact) mass is 551 g/mol. The molecule has 2 heterocycles. The number of allylic oxidation sites excluding steroid dienone is 8. The average molecular weight is 552 g/mol. The van der Waals surface area contributed by atoms with Crippen LogP contribution in [0.2, 0.25) is 0 Å². The van der Waals surface area contributed by atoms with Gasteiger partial charge < -0.3 is 19.3 Å². The molecule has 0 aromatic carbocycles. The van der Waals surface area contributed by atoms with Gasteiger partial charge in [0.2, 0.25) is 0 Å². The summed E-state index contributed by atoms with van der Waals surface area (Å²) in [4.78, 5) is 21.9. The normalized spacial score (nSPS) is 23.6. The topological polar surface area (TPSA) is 54.4 Å². The van der Waals surface area contributed by atoms with E-state index in [4.69, 9.17) is 14.5 Å². The Balaban J connectivity index is 1.91. The first-order valence-electron chi connectivity index (χ1n) is 15.4. The number of carbonyl (C=O) groups excluding carboxylic acids is 1. The molecule has 1 atom stereocenters. The highest BCUT2D eigenvalue weighted by Crippen LogP contribution is 2.34. The van der Waals surface area contributed by atoms with Gasteiger partial charge in [0.1, 0.15) is 5.60 Å². The fourth-order valence-electron chi connectivity index (χ4n) is 5.90. The third-order valence-electron chi connectivity index (χ3n) is 8.01. The first kappa shape index (κ1) is 31.9. The van der Waals surface area contributed by atoms with E-state index in [0.29, 0.717) is 19.0 Å². The van der Waals surface area contributed by atoms with Gasteiger partial charge in [0.05, 0.1) is 5.71 Å². The summed E-state index contributed by atoms with van der Waals surface area (Å²) in [6, 6.07) is 0.157. The molecule has 2 fully saturated rings. The molecule has 0 radical (unpaired) electrons. The SMILES string of the molecule is C=CN=C1CC(C2CCOCC2)=CC=C(/C=C/CCCCCC)/C1=C(/C)N1CCN(C(=O)OC(C)(C)C)C[C@@H]1C. The van der Waals surface area contributed by atoms with Crippen LogP contribution >= 0.6 is 0 Å². The van der Waals surface area contributed by atoms with Crippen LogP contribution in [0.5, 0.6) is 0 Å². The molecule has 222 valence electrons. The van der Waals surface area contributed by atoms with E-state index in [2.05, 4.69) is 56.6 Å². The van der Waals surface area contributed by atoms with Gasteiger partial charge in [-0.3, -0.25) is 4.99 Å². The second-order valence-electron chi connectivity index (χ2n) is 12.4. The molecule has 6 heteroatoms. The van der Waals surface area contributed by atoms with Crippen LogP contribution in [0.25, 0.3) is 0 Å². The molecular formula is C34H53N3O3. The molecular weight excluding hydrogens is 498 g/mol. The number of unbranched alkanes of at least 4 members (excludes halogenated alkanes) is 4. The highest BCUT2D eigenvalue weighted by atomic mass is 16.6. The third-order valence-corrected chi connectivity index (χ3v) is 8.01. The van der Waals surface area contributed by atoms with Gasteiger partial charge in [0.15, 0.2) is 0 Å². The van der Waals surface area contributed by atoms with Crippen LogP contribution in [-0.2, 0) is 9.47 Å². The Bertz CT molecular complexity index is 1020. The maximum atomic E-state index is 12.8. The molecule has 1 aliphatic carbocycles. The summed E-state index contributed by atoms with van der Waals surface area (Å²) in [5.74, 6) is 0.523. The number of nitrogens with zero attached hydrogens (tertiary/aromatic N) is 3. The molecule has 0 bridgehead atoms. The lowest BCUT2D eigenvalue weighted by Gasteiger charge is -2.42. The molecule has 0 aromatic heterocycles. The lowest BCUT2D eigenvalue weighted by Crippen LogP contribution is -2.54. The molecule has 0 aromatic rings. The zero-order valence-electron chi connectivity index (χ0n) is 26.0. The van der Waals surface area contributed by atoms with Crippen LogP contribution < -0.4 is 0 Å². The van der Waals surface area contributed by atoms with E-state index in [1.54, 1.807) is 6.20 Å². The first-order chi connectivity index (χ1) is 19.1. The quantitative estimate of drug-likeness (QED) is 0.273. The first-order valence-corrected chi connectivity index (χ1v) is 15.4. The van der Waals surface area contributed by atoms with Crippen molar-refractivity contribution in [3.05, 3.63) is 59.5 Å². The van der Waals surface area contributed by atoms with Gasteiger partial charge in [-0.2, -0.15) is 0 Å². The van der Waals surface area contributed by atoms with Crippen molar-refractivity contribution < 1.29 is 14.3 Å². The molecule has 0 saturated carbocycles. The molecule has 0 N–H and O–H groups in total. The van der Waals surface area contributed by atoms with E-state index in [-0.39, 0.29) is 12.1 Å². The molecule has 0 spiro atoms. The molecule has 3 rings (SSSR count). The highest BCUT2D eigenvalue weighted by molar-refractivity contribution is 6.07. The number of amides is 1. The number of hydrogen-bond acceptors (Lipinski definition) is 5. The van der Waals surface area contributed by atoms with Gasteiger partial charge in [-0.25, -0.2) is 4.79 Å². The minimum absolute atomic E-state index is 0.157. The Morgan fingerprint density at radius 2 is 1.93 bits per heavy atom. The maximum Gasteiger partial charge on any atom is 0.410 e. The number of rotatable bonds is 9. The van der Waals surface area contributed by atoms with Crippen LogP contribution in [0.1, 0.15) is 92.9 Å². The largest absolute Gasteiger partial charge is 0.444 e. The minimum atomic E-state index is -0.497. The van der Waals surface area contributed by atoms with Crippen LogP contribution in [-0.4, -0.2) is 66.1 Å². The summed E-state index contributed by atoms with van der Waals surface area (Å²) >= 11 is 0. The smallest absolute Gasteiger partial charge is 0.410 e. The standard InChI is InChI=1S/C34H53N3O3/c1-8-10-11-12-13-14-15-29-16-17-30(28-18-22-39-23-19-28)24-31(35-9-2)32(29)27(4)37-21-20-36(25-26(37)3)33(38)40-34(5,6)7/h9,14-17,26,28H,2,8,10-13,18-25H2,1,3-7H3/b15-14+,32-27+,35-31?/t26-/m0/s1. The van der Waals surface area contributed by atoms with E-state index in [0.717, 1.165) is 51.2 Å². The van der Waals surface area contributed by atoms with Crippen LogP contribution in [0.3, 0.4) is 0 Å². The molecule has 1 amide bonds. The summed E-state index contributed by atoms with van der Waals surface area (Å²) in [5.41, 5.74) is 5.62. The van der Waals surface area contributed by atoms with Gasteiger partial charge in [-0.1, -0.05) is 62.6 Å². The Labute approximate surface area is 243 Å². The van der Waals surface area contributed by atoms with Crippen molar-refractivity contribution in [2.24, 2.45) is 10.9 Å². The van der Waals surface area contributed by atoms with Crippen molar-refractivity contribution in [1.82, 2.24) is 9.80 Å². The lowest BCUT2D eigenvalue weighted by molar-refractivity contribution is 0.0101. The second-order valence-corrected chi connectivity index (χ2v) is 12.4. The number of carbonyl (C=O) groups is 1. The highest BCUT2D eigenvalue weighted by Gasteiger charge is 2.32. The van der Waals surface area contributed by atoms with E-state index in [9.17, 15) is 4.79 Å². The number of aliphatic imine (C=N–C) groups is 1. The van der Waals surface area contributed by atoms with Crippen LogP contribution in [0.4, 0.5) is 4.79 Å². The zero-order valence-corrected chi connectivity index (χ0v) is 26.0. The fourth-order valence-corrected chi connectivity index (χ4v) is 5.90. The number of hydrogen-bond donors (Lipinski definition) is 0. The van der Waals surface area contributed by atoms with Crippen molar-refractivity contribution in [2.75, 3.05) is 32.8 Å². The summed E-state index contributed by atoms with van der Waals surface area (Å²) in [6.07, 6.45) is 19.8. The van der Waals surface area contributed by atoms with Crippen molar-refractivity contribution >= 4 is 11.8 Å². The lowest BCUT2D eigenvalue weighted by atomic mass is 9.87. The maximum absolute atomic E-state index is 12.8. The van der Waals surface area contributed by atoms with Crippen molar-refractivity contribution in [2.45, 2.75) is 105 Å². The van der Waals surface area contributed by atoms with Gasteiger partial charge >= 0.3 is 6.09 Å². The number of piperazine rings is 1. The van der Waals surface area contributed by atoms with Crippen molar-refractivity contribution in [3.8, 4) is 0 Å². The summed E-state index contributed by atoms with van der Waals surface area (Å²) in [5, 5.41) is 0. The van der Waals surface area contributed by atoms with Crippen LogP contribution in [0, 0.1) is 5.92 Å². The minimum Gasteiger partial charge on any atom is -0.444 e. The van der Waals surface area contributed by atoms with Gasteiger partial charge in [0.25, 0.3) is 0 Å². The van der Waals surface area contributed by atoms with Crippen LogP contribution in [0.15, 0.2) is 64.5 Å². The molecule has 2 aliphatic heterocycles. The Morgan fingerprint density at radius 1 is 1.18 bits per heavy atom. The summed E-state index contributed by atoms with van der Waals surface area (Å²) < 4.78 is 11.3. The predicted octanol–water partition coefficient (Wildman–Crippen LogP) is 8.00. The van der Waals surface area contributed by atoms with E-state index < -0.39 is 5.60 Å². The fraction of sp³-hybridized carbons (Fsp3) is 0.647. The number of ether oxygens (including phenoxy) is 2. The Hall–Kier alpha value is -2.60. The molecule has 40 heavy (non-hydrogen) atoms. The van der Waals surface area contributed by atoms with Crippen molar-refractivity contribution in [1.29, 1.82) is 0 Å². The third kappa shape index (κ3) is 9.22. The van der Waals surface area contributed by atoms with E-state index in [1.807, 2.05) is 25.7 Å². The molecule has 6 nitrogen and oxygen atoms in total. The molecule has 3 aliphatic rings. The average Bonchev–Trinajstić information content (AvgIpc) is 3.09. The summed E-state index contributed by atoms with van der Waals surface area (Å²) in [7, 11) is 0. The predicted molar refractivity (Wildman–Crippen MR) is 167 cm³/mol. The molecule has 2 saturated heterocycles.